The molecule has 0 radical (unpaired) electrons. The maximum Gasteiger partial charge on any atom is 0.411 e. The average molecular weight is 369 g/mol. The fourth-order valence-corrected chi connectivity index (χ4v) is 3.44. The van der Waals surface area contributed by atoms with Gasteiger partial charge in [-0.15, -0.1) is 0 Å². The van der Waals surface area contributed by atoms with Crippen LogP contribution in [0.1, 0.15) is 36.4 Å². The van der Waals surface area contributed by atoms with Gasteiger partial charge in [0.2, 0.25) is 0 Å². The molecule has 1 aliphatic rings. The lowest BCUT2D eigenvalue weighted by atomic mass is 9.91. The first-order valence-electron chi connectivity index (χ1n) is 8.96. The summed E-state index contributed by atoms with van der Waals surface area (Å²) in [6, 6.07) is 15.5. The van der Waals surface area contributed by atoms with E-state index < -0.39 is 18.1 Å². The van der Waals surface area contributed by atoms with Crippen molar-refractivity contribution < 1.29 is 24.2 Å². The van der Waals surface area contributed by atoms with Crippen molar-refractivity contribution in [3.63, 3.8) is 0 Å². The third kappa shape index (κ3) is 4.39. The van der Waals surface area contributed by atoms with Crippen molar-refractivity contribution in [2.75, 3.05) is 7.11 Å². The fraction of sp³-hybridized carbons (Fsp3) is 0.333. The predicted molar refractivity (Wildman–Crippen MR) is 99.5 cm³/mol. The summed E-state index contributed by atoms with van der Waals surface area (Å²) in [7, 11) is 1.59. The molecule has 6 nitrogen and oxygen atoms in total. The summed E-state index contributed by atoms with van der Waals surface area (Å²) in [5.41, 5.74) is 1.73. The molecule has 0 spiro atoms. The van der Waals surface area contributed by atoms with Gasteiger partial charge in [-0.3, -0.25) is 4.90 Å². The van der Waals surface area contributed by atoms with Crippen LogP contribution in [0.4, 0.5) is 4.79 Å². The van der Waals surface area contributed by atoms with Crippen LogP contribution in [0.5, 0.6) is 5.75 Å². The minimum Gasteiger partial charge on any atom is -0.497 e. The van der Waals surface area contributed by atoms with E-state index in [1.165, 1.54) is 4.90 Å². The van der Waals surface area contributed by atoms with Crippen molar-refractivity contribution in [2.45, 2.75) is 38.0 Å². The molecule has 1 N–H and O–H groups in total. The number of ether oxygens (including phenoxy) is 2. The highest BCUT2D eigenvalue weighted by Gasteiger charge is 2.40. The van der Waals surface area contributed by atoms with Crippen molar-refractivity contribution in [1.82, 2.24) is 4.90 Å². The minimum absolute atomic E-state index is 0.109. The van der Waals surface area contributed by atoms with Crippen LogP contribution >= 0.6 is 0 Å². The number of nitrogens with zero attached hydrogens (tertiary/aromatic N) is 1. The maximum absolute atomic E-state index is 12.8. The third-order valence-electron chi connectivity index (χ3n) is 4.83. The van der Waals surface area contributed by atoms with E-state index in [2.05, 4.69) is 0 Å². The van der Waals surface area contributed by atoms with Gasteiger partial charge in [-0.05, 0) is 42.5 Å². The van der Waals surface area contributed by atoms with Gasteiger partial charge in [-0.25, -0.2) is 9.59 Å². The van der Waals surface area contributed by atoms with Crippen LogP contribution < -0.4 is 4.74 Å². The first-order chi connectivity index (χ1) is 13.1. The van der Waals surface area contributed by atoms with Gasteiger partial charge in [0.25, 0.3) is 0 Å². The minimum atomic E-state index is -1.01. The topological polar surface area (TPSA) is 76.1 Å². The largest absolute Gasteiger partial charge is 0.497 e. The molecule has 0 bridgehead atoms. The number of amides is 1. The van der Waals surface area contributed by atoms with E-state index in [0.717, 1.165) is 17.5 Å². The number of carboxylic acid groups (broad SMARTS) is 1. The number of piperidine rings is 1. The summed E-state index contributed by atoms with van der Waals surface area (Å²) in [6.45, 7) is 0.109. The van der Waals surface area contributed by atoms with Crippen LogP contribution in [-0.4, -0.2) is 35.2 Å². The van der Waals surface area contributed by atoms with Gasteiger partial charge >= 0.3 is 12.1 Å². The number of aliphatic carboxylic acids is 1. The number of carboxylic acids is 1. The molecule has 0 aromatic heterocycles. The number of likely N-dealkylation sites (tertiary alicyclic amines) is 1. The van der Waals surface area contributed by atoms with E-state index in [0.29, 0.717) is 18.6 Å². The Kier molecular flexibility index (Phi) is 5.96. The average Bonchev–Trinajstić information content (AvgIpc) is 2.72. The zero-order chi connectivity index (χ0) is 19.2. The Morgan fingerprint density at radius 2 is 1.78 bits per heavy atom. The zero-order valence-electron chi connectivity index (χ0n) is 15.2. The van der Waals surface area contributed by atoms with Crippen LogP contribution in [0, 0.1) is 0 Å². The molecule has 142 valence electrons. The maximum atomic E-state index is 12.8. The monoisotopic (exact) mass is 369 g/mol. The molecular formula is C21H23NO5. The van der Waals surface area contributed by atoms with E-state index in [-0.39, 0.29) is 12.6 Å². The predicted octanol–water partition coefficient (Wildman–Crippen LogP) is 4.01. The molecule has 6 heteroatoms. The number of carbonyl (C=O) groups excluding carboxylic acids is 1. The molecule has 2 aromatic rings. The van der Waals surface area contributed by atoms with E-state index in [1.54, 1.807) is 7.11 Å². The zero-order valence-corrected chi connectivity index (χ0v) is 15.2. The summed E-state index contributed by atoms with van der Waals surface area (Å²) in [5.74, 6) is -0.299. The Bertz CT molecular complexity index is 775. The normalized spacial score (nSPS) is 19.4. The van der Waals surface area contributed by atoms with Gasteiger partial charge in [0, 0.05) is 0 Å². The Labute approximate surface area is 158 Å². The van der Waals surface area contributed by atoms with Crippen LogP contribution in [0.2, 0.25) is 0 Å². The molecule has 27 heavy (non-hydrogen) atoms. The highest BCUT2D eigenvalue weighted by Crippen LogP contribution is 2.36. The van der Waals surface area contributed by atoms with Crippen LogP contribution in [0.15, 0.2) is 54.6 Å². The molecule has 2 aromatic carbocycles. The van der Waals surface area contributed by atoms with Crippen molar-refractivity contribution >= 4 is 12.1 Å². The molecule has 1 amide bonds. The number of rotatable bonds is 5. The number of methoxy groups -OCH3 is 1. The lowest BCUT2D eigenvalue weighted by Crippen LogP contribution is -2.49. The lowest BCUT2D eigenvalue weighted by molar-refractivity contribution is -0.145. The second-order valence-electron chi connectivity index (χ2n) is 6.52. The molecule has 1 aliphatic heterocycles. The van der Waals surface area contributed by atoms with Crippen molar-refractivity contribution in [3.8, 4) is 5.75 Å². The Hall–Kier alpha value is -3.02. The van der Waals surface area contributed by atoms with Crippen LogP contribution in [0.3, 0.4) is 0 Å². The van der Waals surface area contributed by atoms with Crippen molar-refractivity contribution in [3.05, 3.63) is 65.7 Å². The van der Waals surface area contributed by atoms with E-state index >= 15 is 0 Å². The van der Waals surface area contributed by atoms with Gasteiger partial charge < -0.3 is 14.6 Å². The molecule has 0 aliphatic carbocycles. The Morgan fingerprint density at radius 1 is 1.07 bits per heavy atom. The van der Waals surface area contributed by atoms with Gasteiger partial charge in [-0.2, -0.15) is 0 Å². The molecule has 0 unspecified atom stereocenters. The van der Waals surface area contributed by atoms with Gasteiger partial charge in [0.15, 0.2) is 0 Å². The van der Waals surface area contributed by atoms with E-state index in [9.17, 15) is 14.7 Å². The first-order valence-corrected chi connectivity index (χ1v) is 8.96. The molecule has 0 saturated carbocycles. The first kappa shape index (κ1) is 18.8. The van der Waals surface area contributed by atoms with Crippen molar-refractivity contribution in [2.24, 2.45) is 0 Å². The van der Waals surface area contributed by atoms with E-state index in [1.807, 2.05) is 54.6 Å². The highest BCUT2D eigenvalue weighted by atomic mass is 16.6. The second kappa shape index (κ2) is 8.58. The highest BCUT2D eigenvalue weighted by molar-refractivity contribution is 5.80. The van der Waals surface area contributed by atoms with Gasteiger partial charge in [0.1, 0.15) is 18.4 Å². The van der Waals surface area contributed by atoms with E-state index in [4.69, 9.17) is 9.47 Å². The fourth-order valence-electron chi connectivity index (χ4n) is 3.44. The Balaban J connectivity index is 1.81. The second-order valence-corrected chi connectivity index (χ2v) is 6.52. The summed E-state index contributed by atoms with van der Waals surface area (Å²) >= 11 is 0. The number of hydrogen-bond acceptors (Lipinski definition) is 4. The summed E-state index contributed by atoms with van der Waals surface area (Å²) in [4.78, 5) is 25.9. The SMILES string of the molecule is COc1ccc([C@@H]2CCC[C@H](C(=O)O)N2C(=O)OCc2ccccc2)cc1. The van der Waals surface area contributed by atoms with Gasteiger partial charge in [0.05, 0.1) is 13.2 Å². The molecule has 1 fully saturated rings. The number of carbonyl (C=O) groups is 2. The van der Waals surface area contributed by atoms with Crippen LogP contribution in [-0.2, 0) is 16.1 Å². The molecule has 1 saturated heterocycles. The molecular weight excluding hydrogens is 346 g/mol. The summed E-state index contributed by atoms with van der Waals surface area (Å²) in [6.07, 6.45) is 1.24. The molecule has 2 atom stereocenters. The molecule has 3 rings (SSSR count). The van der Waals surface area contributed by atoms with Crippen molar-refractivity contribution in [1.29, 1.82) is 0 Å². The smallest absolute Gasteiger partial charge is 0.411 e. The molecule has 1 heterocycles. The summed E-state index contributed by atoms with van der Waals surface area (Å²) in [5, 5.41) is 9.62. The quantitative estimate of drug-likeness (QED) is 0.862. The number of benzene rings is 2. The Morgan fingerprint density at radius 3 is 2.41 bits per heavy atom. The lowest BCUT2D eigenvalue weighted by Gasteiger charge is -2.39. The number of hydrogen-bond donors (Lipinski definition) is 1. The standard InChI is InChI=1S/C21H23NO5/c1-26-17-12-10-16(11-13-17)18-8-5-9-19(20(23)24)22(18)21(25)27-14-15-6-3-2-4-7-15/h2-4,6-7,10-13,18-19H,5,8-9,14H2,1H3,(H,23,24)/t18-,19+/m0/s1. The third-order valence-corrected chi connectivity index (χ3v) is 4.83. The van der Waals surface area contributed by atoms with Crippen LogP contribution in [0.25, 0.3) is 0 Å². The summed E-state index contributed by atoms with van der Waals surface area (Å²) < 4.78 is 10.6. The van der Waals surface area contributed by atoms with Gasteiger partial charge in [-0.1, -0.05) is 42.5 Å².